The van der Waals surface area contributed by atoms with Crippen molar-refractivity contribution >= 4 is 12.0 Å². The average Bonchev–Trinajstić information content (AvgIpc) is 2.88. The van der Waals surface area contributed by atoms with E-state index in [1.807, 2.05) is 37.3 Å². The van der Waals surface area contributed by atoms with Crippen LogP contribution in [0.5, 0.6) is 0 Å². The van der Waals surface area contributed by atoms with E-state index in [9.17, 15) is 14.7 Å². The van der Waals surface area contributed by atoms with Crippen LogP contribution in [0, 0.1) is 0 Å². The number of ether oxygens (including phenoxy) is 1. The number of nitrogens with zero attached hydrogens (tertiary/aromatic N) is 1. The van der Waals surface area contributed by atoms with Gasteiger partial charge in [-0.1, -0.05) is 30.3 Å². The minimum Gasteiger partial charge on any atom is -0.444 e. The van der Waals surface area contributed by atoms with E-state index in [4.69, 9.17) is 4.74 Å². The Morgan fingerprint density at radius 3 is 2.50 bits per heavy atom. The van der Waals surface area contributed by atoms with Crippen molar-refractivity contribution in [3.05, 3.63) is 35.9 Å². The van der Waals surface area contributed by atoms with Crippen molar-refractivity contribution in [1.82, 2.24) is 10.2 Å². The van der Waals surface area contributed by atoms with Crippen LogP contribution in [0.1, 0.15) is 45.7 Å². The van der Waals surface area contributed by atoms with Gasteiger partial charge in [-0.25, -0.2) is 4.79 Å². The second kappa shape index (κ2) is 7.21. The number of aliphatic hydroxyl groups is 1. The number of amides is 2. The first-order chi connectivity index (χ1) is 11.2. The van der Waals surface area contributed by atoms with E-state index in [1.165, 1.54) is 4.90 Å². The second-order valence-electron chi connectivity index (χ2n) is 7.18. The molecule has 0 saturated carbocycles. The van der Waals surface area contributed by atoms with Gasteiger partial charge in [0.1, 0.15) is 11.6 Å². The van der Waals surface area contributed by atoms with Crippen molar-refractivity contribution in [1.29, 1.82) is 0 Å². The largest absolute Gasteiger partial charge is 0.444 e. The summed E-state index contributed by atoms with van der Waals surface area (Å²) >= 11 is 0. The molecule has 2 N–H and O–H groups in total. The zero-order chi connectivity index (χ0) is 17.9. The Bertz CT molecular complexity index is 582. The summed E-state index contributed by atoms with van der Waals surface area (Å²) in [6.07, 6.45) is -1.08. The zero-order valence-electron chi connectivity index (χ0n) is 14.7. The first-order valence-corrected chi connectivity index (χ1v) is 8.20. The summed E-state index contributed by atoms with van der Waals surface area (Å²) in [7, 11) is 0. The molecule has 6 nitrogen and oxygen atoms in total. The molecule has 0 aromatic heterocycles. The molecular weight excluding hydrogens is 308 g/mol. The van der Waals surface area contributed by atoms with Crippen LogP contribution in [0.3, 0.4) is 0 Å². The first kappa shape index (κ1) is 18.3. The standard InChI is InChI=1S/C18H26N2O4/c1-12(13-8-6-5-7-9-13)19-16(22)15-10-14(21)11-20(15)17(23)24-18(2,3)4/h5-9,12,14-15,21H,10-11H2,1-4H3,(H,19,22)/t12-,14-,15+/m1/s1. The third-order valence-electron chi connectivity index (χ3n) is 3.87. The lowest BCUT2D eigenvalue weighted by molar-refractivity contribution is -0.126. The molecule has 1 aromatic rings. The van der Waals surface area contributed by atoms with E-state index in [0.29, 0.717) is 0 Å². The molecule has 0 bridgehead atoms. The Morgan fingerprint density at radius 1 is 1.29 bits per heavy atom. The Labute approximate surface area is 142 Å². The molecule has 6 heteroatoms. The molecule has 1 aromatic carbocycles. The predicted molar refractivity (Wildman–Crippen MR) is 90.4 cm³/mol. The van der Waals surface area contributed by atoms with Crippen LogP contribution in [-0.4, -0.2) is 46.3 Å². The van der Waals surface area contributed by atoms with Gasteiger partial charge in [0.15, 0.2) is 0 Å². The molecule has 2 rings (SSSR count). The van der Waals surface area contributed by atoms with Crippen LogP contribution < -0.4 is 5.32 Å². The van der Waals surface area contributed by atoms with E-state index in [1.54, 1.807) is 20.8 Å². The summed E-state index contributed by atoms with van der Waals surface area (Å²) in [5.41, 5.74) is 0.330. The summed E-state index contributed by atoms with van der Waals surface area (Å²) in [5.74, 6) is -0.284. The molecule has 1 saturated heterocycles. The summed E-state index contributed by atoms with van der Waals surface area (Å²) in [6.45, 7) is 7.29. The van der Waals surface area contributed by atoms with Crippen LogP contribution in [0.15, 0.2) is 30.3 Å². The SMILES string of the molecule is C[C@@H](NC(=O)[C@@H]1C[C@@H](O)CN1C(=O)OC(C)(C)C)c1ccccc1. The van der Waals surface area contributed by atoms with Crippen molar-refractivity contribution in [2.75, 3.05) is 6.54 Å². The Balaban J connectivity index is 2.05. The van der Waals surface area contributed by atoms with Gasteiger partial charge < -0.3 is 15.2 Å². The second-order valence-corrected chi connectivity index (χ2v) is 7.18. The molecule has 0 spiro atoms. The molecule has 1 aliphatic rings. The number of hydrogen-bond acceptors (Lipinski definition) is 4. The fourth-order valence-corrected chi connectivity index (χ4v) is 2.72. The monoisotopic (exact) mass is 334 g/mol. The maximum atomic E-state index is 12.6. The van der Waals surface area contributed by atoms with Crippen LogP contribution in [0.25, 0.3) is 0 Å². The lowest BCUT2D eigenvalue weighted by Crippen LogP contribution is -2.48. The van der Waals surface area contributed by atoms with Crippen molar-refractivity contribution in [2.45, 2.75) is 57.9 Å². The third-order valence-corrected chi connectivity index (χ3v) is 3.87. The lowest BCUT2D eigenvalue weighted by atomic mass is 10.1. The molecule has 0 radical (unpaired) electrons. The van der Waals surface area contributed by atoms with Crippen LogP contribution in [0.2, 0.25) is 0 Å². The number of likely N-dealkylation sites (tertiary alicyclic amines) is 1. The van der Waals surface area contributed by atoms with E-state index in [0.717, 1.165) is 5.56 Å². The highest BCUT2D eigenvalue weighted by atomic mass is 16.6. The molecule has 0 unspecified atom stereocenters. The Morgan fingerprint density at radius 2 is 1.92 bits per heavy atom. The van der Waals surface area contributed by atoms with Crippen molar-refractivity contribution in [3.8, 4) is 0 Å². The number of aliphatic hydroxyl groups excluding tert-OH is 1. The van der Waals surface area contributed by atoms with Crippen molar-refractivity contribution in [2.24, 2.45) is 0 Å². The topological polar surface area (TPSA) is 78.9 Å². The summed E-state index contributed by atoms with van der Waals surface area (Å²) in [5, 5.41) is 12.8. The average molecular weight is 334 g/mol. The van der Waals surface area contributed by atoms with E-state index < -0.39 is 23.8 Å². The van der Waals surface area contributed by atoms with E-state index in [2.05, 4.69) is 5.32 Å². The number of carbonyl (C=O) groups is 2. The summed E-state index contributed by atoms with van der Waals surface area (Å²) in [4.78, 5) is 26.2. The van der Waals surface area contributed by atoms with Gasteiger partial charge in [0.2, 0.25) is 5.91 Å². The highest BCUT2D eigenvalue weighted by molar-refractivity contribution is 5.86. The first-order valence-electron chi connectivity index (χ1n) is 8.20. The Kier molecular flexibility index (Phi) is 5.49. The van der Waals surface area contributed by atoms with Crippen LogP contribution >= 0.6 is 0 Å². The van der Waals surface area contributed by atoms with Gasteiger partial charge in [0, 0.05) is 6.42 Å². The number of β-amino-alcohol motifs (C(OH)–C–C–N with tert-alkyl or cyclic N) is 1. The predicted octanol–water partition coefficient (Wildman–Crippen LogP) is 2.23. The fraction of sp³-hybridized carbons (Fsp3) is 0.556. The fourth-order valence-electron chi connectivity index (χ4n) is 2.72. The van der Waals surface area contributed by atoms with Gasteiger partial charge >= 0.3 is 6.09 Å². The molecule has 3 atom stereocenters. The quantitative estimate of drug-likeness (QED) is 0.888. The van der Waals surface area contributed by atoms with Gasteiger partial charge in [-0.05, 0) is 33.3 Å². The molecule has 1 fully saturated rings. The zero-order valence-corrected chi connectivity index (χ0v) is 14.7. The molecular formula is C18H26N2O4. The highest BCUT2D eigenvalue weighted by Crippen LogP contribution is 2.22. The van der Waals surface area contributed by atoms with Gasteiger partial charge in [-0.15, -0.1) is 0 Å². The Hall–Kier alpha value is -2.08. The molecule has 2 amide bonds. The van der Waals surface area contributed by atoms with E-state index >= 15 is 0 Å². The number of benzene rings is 1. The van der Waals surface area contributed by atoms with Gasteiger partial charge in [-0.2, -0.15) is 0 Å². The highest BCUT2D eigenvalue weighted by Gasteiger charge is 2.41. The number of nitrogens with one attached hydrogen (secondary N) is 1. The summed E-state index contributed by atoms with van der Waals surface area (Å²) < 4.78 is 5.34. The van der Waals surface area contributed by atoms with Crippen LogP contribution in [0.4, 0.5) is 4.79 Å². The molecule has 24 heavy (non-hydrogen) atoms. The maximum Gasteiger partial charge on any atom is 0.411 e. The lowest BCUT2D eigenvalue weighted by Gasteiger charge is -2.28. The van der Waals surface area contributed by atoms with Gasteiger partial charge in [0.25, 0.3) is 0 Å². The summed E-state index contributed by atoms with van der Waals surface area (Å²) in [6, 6.07) is 8.68. The number of hydrogen-bond donors (Lipinski definition) is 2. The number of carbonyl (C=O) groups excluding carboxylic acids is 2. The molecule has 132 valence electrons. The smallest absolute Gasteiger partial charge is 0.411 e. The van der Waals surface area contributed by atoms with Gasteiger partial charge in [-0.3, -0.25) is 9.69 Å². The van der Waals surface area contributed by atoms with E-state index in [-0.39, 0.29) is 24.9 Å². The molecule has 0 aliphatic carbocycles. The maximum absolute atomic E-state index is 12.6. The normalized spacial score (nSPS) is 22.1. The van der Waals surface area contributed by atoms with Crippen molar-refractivity contribution in [3.63, 3.8) is 0 Å². The molecule has 1 aliphatic heterocycles. The minimum absolute atomic E-state index is 0.104. The minimum atomic E-state index is -0.722. The van der Waals surface area contributed by atoms with Gasteiger partial charge in [0.05, 0.1) is 18.7 Å². The third kappa shape index (κ3) is 4.71. The number of rotatable bonds is 3. The molecule has 1 heterocycles. The van der Waals surface area contributed by atoms with Crippen molar-refractivity contribution < 1.29 is 19.4 Å². The van der Waals surface area contributed by atoms with Crippen LogP contribution in [-0.2, 0) is 9.53 Å².